The standard InChI is InChI=1S/C14H10N4O3/c15-14-11-7-9(3-6-12(11)16-17-14)13(19)8-1-4-10(5-2-8)18(20)21/h1-7H,(H3,15,16,17). The summed E-state index contributed by atoms with van der Waals surface area (Å²) in [5, 5.41) is 17.9. The molecule has 0 spiro atoms. The third-order valence-electron chi connectivity index (χ3n) is 3.19. The molecule has 0 aliphatic heterocycles. The largest absolute Gasteiger partial charge is 0.382 e. The van der Waals surface area contributed by atoms with E-state index in [4.69, 9.17) is 5.73 Å². The number of nitrogens with zero attached hydrogens (tertiary/aromatic N) is 2. The zero-order chi connectivity index (χ0) is 15.0. The molecule has 0 atom stereocenters. The Morgan fingerprint density at radius 1 is 1.14 bits per heavy atom. The predicted octanol–water partition coefficient (Wildman–Crippen LogP) is 2.28. The number of anilines is 1. The number of hydrogen-bond donors (Lipinski definition) is 2. The summed E-state index contributed by atoms with van der Waals surface area (Å²) in [5.41, 5.74) is 7.22. The number of benzene rings is 2. The van der Waals surface area contributed by atoms with Crippen LogP contribution in [0.1, 0.15) is 15.9 Å². The SMILES string of the molecule is Nc1n[nH]c2ccc(C(=O)c3ccc([N+](=O)[O-])cc3)cc12. The first-order chi connectivity index (χ1) is 10.1. The lowest BCUT2D eigenvalue weighted by atomic mass is 10.0. The van der Waals surface area contributed by atoms with Crippen LogP contribution in [-0.4, -0.2) is 20.9 Å². The van der Waals surface area contributed by atoms with Gasteiger partial charge < -0.3 is 5.73 Å². The van der Waals surface area contributed by atoms with E-state index in [2.05, 4.69) is 10.2 Å². The van der Waals surface area contributed by atoms with Gasteiger partial charge in [0.25, 0.3) is 5.69 Å². The molecule has 1 aromatic heterocycles. The predicted molar refractivity (Wildman–Crippen MR) is 77.0 cm³/mol. The summed E-state index contributed by atoms with van der Waals surface area (Å²) in [5.74, 6) is 0.0933. The van der Waals surface area contributed by atoms with E-state index in [1.807, 2.05) is 0 Å². The highest BCUT2D eigenvalue weighted by atomic mass is 16.6. The van der Waals surface area contributed by atoms with Crippen molar-refractivity contribution in [2.75, 3.05) is 5.73 Å². The van der Waals surface area contributed by atoms with Crippen LogP contribution in [0.25, 0.3) is 10.9 Å². The molecule has 0 aliphatic rings. The third kappa shape index (κ3) is 2.20. The summed E-state index contributed by atoms with van der Waals surface area (Å²) in [6.07, 6.45) is 0. The minimum Gasteiger partial charge on any atom is -0.382 e. The molecule has 2 aromatic carbocycles. The molecule has 0 radical (unpaired) electrons. The normalized spacial score (nSPS) is 10.7. The molecule has 0 amide bonds. The highest BCUT2D eigenvalue weighted by Crippen LogP contribution is 2.21. The second kappa shape index (κ2) is 4.71. The molecule has 3 rings (SSSR count). The maximum Gasteiger partial charge on any atom is 0.269 e. The molecule has 0 unspecified atom stereocenters. The zero-order valence-electron chi connectivity index (χ0n) is 10.7. The maximum absolute atomic E-state index is 12.4. The Hall–Kier alpha value is -3.22. The summed E-state index contributed by atoms with van der Waals surface area (Å²) in [6.45, 7) is 0. The maximum atomic E-state index is 12.4. The van der Waals surface area contributed by atoms with Crippen molar-refractivity contribution in [3.8, 4) is 0 Å². The number of carbonyl (C=O) groups is 1. The van der Waals surface area contributed by atoms with Gasteiger partial charge in [0.15, 0.2) is 11.6 Å². The molecular formula is C14H10N4O3. The van der Waals surface area contributed by atoms with E-state index in [9.17, 15) is 14.9 Å². The van der Waals surface area contributed by atoms with Crippen LogP contribution in [0.15, 0.2) is 42.5 Å². The topological polar surface area (TPSA) is 115 Å². The van der Waals surface area contributed by atoms with Crippen molar-refractivity contribution in [1.82, 2.24) is 10.2 Å². The smallest absolute Gasteiger partial charge is 0.269 e. The first-order valence-corrected chi connectivity index (χ1v) is 6.09. The summed E-state index contributed by atoms with van der Waals surface area (Å²) < 4.78 is 0. The molecule has 7 heteroatoms. The fraction of sp³-hybridized carbons (Fsp3) is 0. The second-order valence-electron chi connectivity index (χ2n) is 4.50. The third-order valence-corrected chi connectivity index (χ3v) is 3.19. The molecular weight excluding hydrogens is 272 g/mol. The molecule has 3 aromatic rings. The fourth-order valence-corrected chi connectivity index (χ4v) is 2.08. The van der Waals surface area contributed by atoms with E-state index in [0.29, 0.717) is 22.3 Å². The molecule has 1 heterocycles. The Labute approximate surface area is 118 Å². The van der Waals surface area contributed by atoms with Gasteiger partial charge in [0.2, 0.25) is 0 Å². The number of H-pyrrole nitrogens is 1. The van der Waals surface area contributed by atoms with Crippen molar-refractivity contribution >= 4 is 28.2 Å². The number of rotatable bonds is 3. The van der Waals surface area contributed by atoms with Crippen LogP contribution in [-0.2, 0) is 0 Å². The lowest BCUT2D eigenvalue weighted by molar-refractivity contribution is -0.384. The molecule has 3 N–H and O–H groups in total. The Balaban J connectivity index is 1.99. The van der Waals surface area contributed by atoms with Gasteiger partial charge in [-0.3, -0.25) is 20.0 Å². The zero-order valence-corrected chi connectivity index (χ0v) is 10.7. The van der Waals surface area contributed by atoms with Crippen LogP contribution >= 0.6 is 0 Å². The molecule has 0 bridgehead atoms. The molecule has 0 saturated heterocycles. The van der Waals surface area contributed by atoms with Gasteiger partial charge >= 0.3 is 0 Å². The Morgan fingerprint density at radius 2 is 1.81 bits per heavy atom. The van der Waals surface area contributed by atoms with Crippen LogP contribution < -0.4 is 5.73 Å². The first kappa shape index (κ1) is 12.8. The van der Waals surface area contributed by atoms with Gasteiger partial charge in [-0.1, -0.05) is 0 Å². The van der Waals surface area contributed by atoms with Crippen LogP contribution in [0.2, 0.25) is 0 Å². The summed E-state index contributed by atoms with van der Waals surface area (Å²) in [6, 6.07) is 10.5. The molecule has 104 valence electrons. The number of nitrogen functional groups attached to an aromatic ring is 1. The number of hydrogen-bond acceptors (Lipinski definition) is 5. The van der Waals surface area contributed by atoms with E-state index in [1.54, 1.807) is 18.2 Å². The van der Waals surface area contributed by atoms with E-state index in [-0.39, 0.29) is 11.5 Å². The Bertz CT molecular complexity index is 852. The number of nitrogens with two attached hydrogens (primary N) is 1. The van der Waals surface area contributed by atoms with Crippen molar-refractivity contribution < 1.29 is 9.72 Å². The van der Waals surface area contributed by atoms with Crippen LogP contribution in [0.3, 0.4) is 0 Å². The molecule has 7 nitrogen and oxygen atoms in total. The molecule has 0 fully saturated rings. The quantitative estimate of drug-likeness (QED) is 0.434. The summed E-state index contributed by atoms with van der Waals surface area (Å²) in [7, 11) is 0. The van der Waals surface area contributed by atoms with Gasteiger partial charge in [0.05, 0.1) is 10.4 Å². The van der Waals surface area contributed by atoms with E-state index in [0.717, 1.165) is 5.52 Å². The van der Waals surface area contributed by atoms with Gasteiger partial charge in [-0.2, -0.15) is 5.10 Å². The van der Waals surface area contributed by atoms with Crippen molar-refractivity contribution in [2.45, 2.75) is 0 Å². The van der Waals surface area contributed by atoms with Crippen LogP contribution in [0, 0.1) is 10.1 Å². The lowest BCUT2D eigenvalue weighted by Gasteiger charge is -2.01. The number of aromatic nitrogens is 2. The number of fused-ring (bicyclic) bond motifs is 1. The van der Waals surface area contributed by atoms with Crippen LogP contribution in [0.5, 0.6) is 0 Å². The molecule has 0 saturated carbocycles. The number of nitro groups is 1. The second-order valence-corrected chi connectivity index (χ2v) is 4.50. The average Bonchev–Trinajstić information content (AvgIpc) is 2.87. The van der Waals surface area contributed by atoms with Gasteiger partial charge in [0.1, 0.15) is 0 Å². The number of ketones is 1. The minimum absolute atomic E-state index is 0.0546. The average molecular weight is 282 g/mol. The van der Waals surface area contributed by atoms with Gasteiger partial charge in [-0.15, -0.1) is 0 Å². The number of nitrogens with one attached hydrogen (secondary N) is 1. The minimum atomic E-state index is -0.507. The summed E-state index contributed by atoms with van der Waals surface area (Å²) >= 11 is 0. The Kier molecular flexibility index (Phi) is 2.87. The van der Waals surface area contributed by atoms with Crippen molar-refractivity contribution in [2.24, 2.45) is 0 Å². The van der Waals surface area contributed by atoms with E-state index < -0.39 is 4.92 Å². The van der Waals surface area contributed by atoms with Gasteiger partial charge in [0, 0.05) is 28.6 Å². The summed E-state index contributed by atoms with van der Waals surface area (Å²) in [4.78, 5) is 22.5. The number of non-ortho nitro benzene ring substituents is 1. The van der Waals surface area contributed by atoms with E-state index >= 15 is 0 Å². The van der Waals surface area contributed by atoms with E-state index in [1.165, 1.54) is 24.3 Å². The fourth-order valence-electron chi connectivity index (χ4n) is 2.08. The lowest BCUT2D eigenvalue weighted by Crippen LogP contribution is -2.01. The van der Waals surface area contributed by atoms with Crippen molar-refractivity contribution in [3.63, 3.8) is 0 Å². The highest BCUT2D eigenvalue weighted by molar-refractivity contribution is 6.11. The highest BCUT2D eigenvalue weighted by Gasteiger charge is 2.13. The number of aromatic amines is 1. The monoisotopic (exact) mass is 282 g/mol. The molecule has 0 aliphatic carbocycles. The van der Waals surface area contributed by atoms with Crippen LogP contribution in [0.4, 0.5) is 11.5 Å². The number of carbonyl (C=O) groups excluding carboxylic acids is 1. The Morgan fingerprint density at radius 3 is 2.48 bits per heavy atom. The molecule has 21 heavy (non-hydrogen) atoms. The van der Waals surface area contributed by atoms with Gasteiger partial charge in [-0.05, 0) is 30.3 Å². The van der Waals surface area contributed by atoms with Crippen molar-refractivity contribution in [1.29, 1.82) is 0 Å². The number of nitro benzene ring substituents is 1. The van der Waals surface area contributed by atoms with Gasteiger partial charge in [-0.25, -0.2) is 0 Å². The first-order valence-electron chi connectivity index (χ1n) is 6.09. The van der Waals surface area contributed by atoms with Crippen molar-refractivity contribution in [3.05, 3.63) is 63.7 Å².